The van der Waals surface area contributed by atoms with Crippen LogP contribution in [0.5, 0.6) is 5.75 Å². The molecule has 5 aromatic rings. The van der Waals surface area contributed by atoms with Gasteiger partial charge in [-0.25, -0.2) is 4.98 Å². The number of nitrogens with one attached hydrogen (secondary N) is 1. The number of oxazole rings is 1. The molecule has 0 fully saturated rings. The van der Waals surface area contributed by atoms with Crippen molar-refractivity contribution in [3.8, 4) is 17.2 Å². The molecular formula is C27H21BrN2O3. The van der Waals surface area contributed by atoms with Crippen LogP contribution in [0.25, 0.3) is 33.3 Å². The van der Waals surface area contributed by atoms with Gasteiger partial charge in [-0.2, -0.15) is 0 Å². The molecule has 1 N–H and O–H groups in total. The van der Waals surface area contributed by atoms with Crippen molar-refractivity contribution in [2.45, 2.75) is 13.8 Å². The Balaban J connectivity index is 1.53. The molecule has 4 aromatic carbocycles. The molecule has 1 heterocycles. The van der Waals surface area contributed by atoms with Crippen LogP contribution in [0.15, 0.2) is 75.6 Å². The van der Waals surface area contributed by atoms with Crippen LogP contribution in [0.1, 0.15) is 21.5 Å². The van der Waals surface area contributed by atoms with E-state index in [1.54, 1.807) is 13.2 Å². The minimum absolute atomic E-state index is 0.224. The summed E-state index contributed by atoms with van der Waals surface area (Å²) in [5.74, 6) is 0.816. The first-order valence-electron chi connectivity index (χ1n) is 10.5. The van der Waals surface area contributed by atoms with E-state index in [4.69, 9.17) is 9.15 Å². The standard InChI is InChI=1S/C27H21BrN2O3/c1-15-12-22-25(13-16(15)2)33-27(30-22)17-10-11-24(32-3)23(14-17)29-26(31)20-8-4-7-19-18(20)6-5-9-21(19)28/h4-14H,1-3H3,(H,29,31). The number of hydrogen-bond donors (Lipinski definition) is 1. The van der Waals surface area contributed by atoms with Gasteiger partial charge in [0.05, 0.1) is 12.8 Å². The van der Waals surface area contributed by atoms with Crippen molar-refractivity contribution < 1.29 is 13.9 Å². The molecule has 0 saturated carbocycles. The molecule has 0 aliphatic heterocycles. The lowest BCUT2D eigenvalue weighted by molar-refractivity contribution is 0.102. The van der Waals surface area contributed by atoms with E-state index in [2.05, 4.69) is 33.2 Å². The van der Waals surface area contributed by atoms with Crippen LogP contribution in [0.3, 0.4) is 0 Å². The van der Waals surface area contributed by atoms with Crippen LogP contribution in [0.2, 0.25) is 0 Å². The van der Waals surface area contributed by atoms with Crippen molar-refractivity contribution in [3.05, 3.63) is 87.9 Å². The molecule has 0 bridgehead atoms. The van der Waals surface area contributed by atoms with Crippen LogP contribution < -0.4 is 10.1 Å². The Morgan fingerprint density at radius 1 is 0.970 bits per heavy atom. The fourth-order valence-corrected chi connectivity index (χ4v) is 4.40. The number of ether oxygens (including phenoxy) is 1. The SMILES string of the molecule is COc1ccc(-c2nc3cc(C)c(C)cc3o2)cc1NC(=O)c1cccc2c(Br)cccc12. The second-order valence-electron chi connectivity index (χ2n) is 7.93. The van der Waals surface area contributed by atoms with Gasteiger partial charge in [0.2, 0.25) is 5.89 Å². The number of methoxy groups -OCH3 is 1. The summed E-state index contributed by atoms with van der Waals surface area (Å²) in [7, 11) is 1.57. The number of aromatic nitrogens is 1. The molecule has 6 heteroatoms. The normalized spacial score (nSPS) is 11.2. The third kappa shape index (κ3) is 3.87. The average Bonchev–Trinajstić information content (AvgIpc) is 3.22. The summed E-state index contributed by atoms with van der Waals surface area (Å²) < 4.78 is 12.4. The number of amides is 1. The monoisotopic (exact) mass is 500 g/mol. The zero-order valence-electron chi connectivity index (χ0n) is 18.4. The minimum Gasteiger partial charge on any atom is -0.495 e. The molecule has 33 heavy (non-hydrogen) atoms. The molecule has 0 aliphatic rings. The highest BCUT2D eigenvalue weighted by Crippen LogP contribution is 2.33. The molecule has 1 amide bonds. The number of hydrogen-bond acceptors (Lipinski definition) is 4. The molecule has 1 aromatic heterocycles. The van der Waals surface area contributed by atoms with Crippen LogP contribution in [-0.4, -0.2) is 18.0 Å². The fraction of sp³-hybridized carbons (Fsp3) is 0.111. The smallest absolute Gasteiger partial charge is 0.256 e. The van der Waals surface area contributed by atoms with Crippen LogP contribution in [0, 0.1) is 13.8 Å². The quantitative estimate of drug-likeness (QED) is 0.281. The highest BCUT2D eigenvalue weighted by molar-refractivity contribution is 9.10. The number of benzene rings is 4. The molecule has 0 atom stereocenters. The van der Waals surface area contributed by atoms with Gasteiger partial charge in [0.1, 0.15) is 11.3 Å². The zero-order valence-corrected chi connectivity index (χ0v) is 20.0. The van der Waals surface area contributed by atoms with E-state index in [0.29, 0.717) is 22.9 Å². The number of anilines is 1. The largest absolute Gasteiger partial charge is 0.495 e. The lowest BCUT2D eigenvalue weighted by Crippen LogP contribution is -2.13. The Morgan fingerprint density at radius 2 is 1.73 bits per heavy atom. The maximum absolute atomic E-state index is 13.3. The Kier molecular flexibility index (Phi) is 5.38. The van der Waals surface area contributed by atoms with Gasteiger partial charge in [-0.3, -0.25) is 4.79 Å². The zero-order chi connectivity index (χ0) is 23.1. The molecule has 0 spiro atoms. The van der Waals surface area contributed by atoms with E-state index < -0.39 is 0 Å². The number of rotatable bonds is 4. The van der Waals surface area contributed by atoms with Gasteiger partial charge in [-0.1, -0.05) is 40.2 Å². The van der Waals surface area contributed by atoms with Gasteiger partial charge in [0.25, 0.3) is 5.91 Å². The topological polar surface area (TPSA) is 64.4 Å². The van der Waals surface area contributed by atoms with Crippen molar-refractivity contribution in [2.24, 2.45) is 0 Å². The number of fused-ring (bicyclic) bond motifs is 2. The third-order valence-corrected chi connectivity index (χ3v) is 6.50. The number of nitrogens with zero attached hydrogens (tertiary/aromatic N) is 1. The minimum atomic E-state index is -0.224. The van der Waals surface area contributed by atoms with Gasteiger partial charge >= 0.3 is 0 Å². The summed E-state index contributed by atoms with van der Waals surface area (Å²) in [5.41, 5.74) is 5.71. The van der Waals surface area contributed by atoms with E-state index in [-0.39, 0.29) is 5.91 Å². The highest BCUT2D eigenvalue weighted by atomic mass is 79.9. The summed E-state index contributed by atoms with van der Waals surface area (Å²) in [6.07, 6.45) is 0. The Labute approximate surface area is 199 Å². The van der Waals surface area contributed by atoms with Gasteiger partial charge in [-0.15, -0.1) is 0 Å². The summed E-state index contributed by atoms with van der Waals surface area (Å²) in [6, 6.07) is 21.0. The lowest BCUT2D eigenvalue weighted by Gasteiger charge is -2.13. The maximum Gasteiger partial charge on any atom is 0.256 e. The van der Waals surface area contributed by atoms with Crippen LogP contribution in [-0.2, 0) is 0 Å². The highest BCUT2D eigenvalue weighted by Gasteiger charge is 2.16. The molecular weight excluding hydrogens is 480 g/mol. The van der Waals surface area contributed by atoms with Crippen molar-refractivity contribution in [1.29, 1.82) is 0 Å². The number of halogens is 1. The van der Waals surface area contributed by atoms with E-state index in [1.165, 1.54) is 0 Å². The van der Waals surface area contributed by atoms with Crippen molar-refractivity contribution in [2.75, 3.05) is 12.4 Å². The molecule has 5 nitrogen and oxygen atoms in total. The number of aryl methyl sites for hydroxylation is 2. The molecule has 0 saturated heterocycles. The molecule has 164 valence electrons. The predicted molar refractivity (Wildman–Crippen MR) is 135 cm³/mol. The van der Waals surface area contributed by atoms with Gasteiger partial charge in [0, 0.05) is 15.6 Å². The predicted octanol–water partition coefficient (Wildman–Crippen LogP) is 7.29. The fourth-order valence-electron chi connectivity index (χ4n) is 3.90. The third-order valence-electron chi connectivity index (χ3n) is 5.81. The summed E-state index contributed by atoms with van der Waals surface area (Å²) in [4.78, 5) is 17.9. The van der Waals surface area contributed by atoms with E-state index in [0.717, 1.165) is 43.0 Å². The van der Waals surface area contributed by atoms with E-state index >= 15 is 0 Å². The maximum atomic E-state index is 13.3. The molecule has 0 radical (unpaired) electrons. The molecule has 0 unspecified atom stereocenters. The second kappa shape index (κ2) is 8.37. The Morgan fingerprint density at radius 3 is 2.55 bits per heavy atom. The Bertz CT molecular complexity index is 1500. The Hall–Kier alpha value is -3.64. The van der Waals surface area contributed by atoms with Gasteiger partial charge in [-0.05, 0) is 78.2 Å². The summed E-state index contributed by atoms with van der Waals surface area (Å²) >= 11 is 3.56. The van der Waals surface area contributed by atoms with Crippen LogP contribution in [0.4, 0.5) is 5.69 Å². The van der Waals surface area contributed by atoms with Crippen molar-refractivity contribution >= 4 is 49.4 Å². The van der Waals surface area contributed by atoms with Crippen molar-refractivity contribution in [3.63, 3.8) is 0 Å². The number of carbonyl (C=O) groups excluding carboxylic acids is 1. The first kappa shape index (κ1) is 21.2. The lowest BCUT2D eigenvalue weighted by atomic mass is 10.0. The average molecular weight is 501 g/mol. The molecule has 5 rings (SSSR count). The summed E-state index contributed by atoms with van der Waals surface area (Å²) in [6.45, 7) is 4.10. The van der Waals surface area contributed by atoms with Gasteiger partial charge in [0.15, 0.2) is 5.58 Å². The first-order valence-corrected chi connectivity index (χ1v) is 11.3. The van der Waals surface area contributed by atoms with Crippen molar-refractivity contribution in [1.82, 2.24) is 4.98 Å². The molecule has 0 aliphatic carbocycles. The second-order valence-corrected chi connectivity index (χ2v) is 8.79. The van der Waals surface area contributed by atoms with Gasteiger partial charge < -0.3 is 14.5 Å². The number of carbonyl (C=O) groups is 1. The van der Waals surface area contributed by atoms with E-state index in [9.17, 15) is 4.79 Å². The van der Waals surface area contributed by atoms with Crippen LogP contribution >= 0.6 is 15.9 Å². The first-order chi connectivity index (χ1) is 15.9. The van der Waals surface area contributed by atoms with E-state index in [1.807, 2.05) is 67.6 Å². The summed E-state index contributed by atoms with van der Waals surface area (Å²) in [5, 5.41) is 4.84.